The minimum atomic E-state index is 0.110. The van der Waals surface area contributed by atoms with Crippen LogP contribution < -0.4 is 9.64 Å². The molecule has 6 heteroatoms. The maximum atomic E-state index is 5.86. The van der Waals surface area contributed by atoms with Gasteiger partial charge in [0.25, 0.3) is 0 Å². The maximum Gasteiger partial charge on any atom is 0.328 e. The lowest BCUT2D eigenvalue weighted by atomic mass is 10.1. The minimum Gasteiger partial charge on any atom is -0.424 e. The fourth-order valence-electron chi connectivity index (χ4n) is 1.58. The molecule has 0 atom stereocenters. The normalized spacial score (nSPS) is 10.4. The first-order valence-electron chi connectivity index (χ1n) is 5.79. The molecule has 0 N–H and O–H groups in total. The Hall–Kier alpha value is -1.88. The van der Waals surface area contributed by atoms with Crippen LogP contribution in [-0.2, 0) is 0 Å². The van der Waals surface area contributed by atoms with Crippen molar-refractivity contribution < 1.29 is 4.74 Å². The number of halogens is 1. The van der Waals surface area contributed by atoms with E-state index in [1.807, 2.05) is 46.1 Å². The van der Waals surface area contributed by atoms with Gasteiger partial charge in [0, 0.05) is 14.1 Å². The third-order valence-electron chi connectivity index (χ3n) is 2.51. The van der Waals surface area contributed by atoms with E-state index >= 15 is 0 Å². The first-order valence-corrected chi connectivity index (χ1v) is 6.17. The van der Waals surface area contributed by atoms with Gasteiger partial charge >= 0.3 is 6.01 Å². The zero-order chi connectivity index (χ0) is 14.0. The molecular formula is C13H15ClN4O. The standard InChI is InChI=1S/C13H15ClN4O/c1-8-5-6-10(9(2)7-8)19-13-16-11(14)15-12(17-13)18(3)4/h5-7H,1-4H3. The molecule has 1 aromatic heterocycles. The third kappa shape index (κ3) is 3.32. The van der Waals surface area contributed by atoms with Gasteiger partial charge in [0.2, 0.25) is 11.2 Å². The number of anilines is 1. The Bertz CT molecular complexity index is 601. The molecule has 2 rings (SSSR count). The zero-order valence-electron chi connectivity index (χ0n) is 11.3. The molecule has 0 saturated carbocycles. The maximum absolute atomic E-state index is 5.86. The molecule has 0 unspecified atom stereocenters. The van der Waals surface area contributed by atoms with Gasteiger partial charge in [-0.2, -0.15) is 15.0 Å². The highest BCUT2D eigenvalue weighted by molar-refractivity contribution is 6.28. The number of rotatable bonds is 3. The first-order chi connectivity index (χ1) is 8.95. The minimum absolute atomic E-state index is 0.110. The van der Waals surface area contributed by atoms with Crippen LogP contribution in [0.2, 0.25) is 5.28 Å². The number of aromatic nitrogens is 3. The van der Waals surface area contributed by atoms with Crippen molar-refractivity contribution in [3.05, 3.63) is 34.6 Å². The number of aryl methyl sites for hydroxylation is 2. The van der Waals surface area contributed by atoms with Crippen molar-refractivity contribution in [1.29, 1.82) is 0 Å². The quantitative estimate of drug-likeness (QED) is 0.864. The molecule has 0 spiro atoms. The van der Waals surface area contributed by atoms with Crippen molar-refractivity contribution in [1.82, 2.24) is 15.0 Å². The highest BCUT2D eigenvalue weighted by Gasteiger charge is 2.09. The van der Waals surface area contributed by atoms with Crippen LogP contribution in [0.25, 0.3) is 0 Å². The van der Waals surface area contributed by atoms with E-state index in [4.69, 9.17) is 16.3 Å². The Morgan fingerprint density at radius 1 is 1.11 bits per heavy atom. The molecule has 2 aromatic rings. The summed E-state index contributed by atoms with van der Waals surface area (Å²) < 4.78 is 5.66. The summed E-state index contributed by atoms with van der Waals surface area (Å²) in [5.74, 6) is 1.16. The lowest BCUT2D eigenvalue weighted by molar-refractivity contribution is 0.436. The molecule has 0 aliphatic rings. The van der Waals surface area contributed by atoms with E-state index < -0.39 is 0 Å². The van der Waals surface area contributed by atoms with Gasteiger partial charge in [0.15, 0.2) is 0 Å². The zero-order valence-corrected chi connectivity index (χ0v) is 12.1. The Balaban J connectivity index is 2.32. The summed E-state index contributed by atoms with van der Waals surface area (Å²) in [6, 6.07) is 6.08. The molecule has 1 aromatic carbocycles. The summed E-state index contributed by atoms with van der Waals surface area (Å²) in [4.78, 5) is 13.9. The van der Waals surface area contributed by atoms with Gasteiger partial charge < -0.3 is 9.64 Å². The van der Waals surface area contributed by atoms with Crippen LogP contribution in [0.3, 0.4) is 0 Å². The van der Waals surface area contributed by atoms with Crippen molar-refractivity contribution in [2.75, 3.05) is 19.0 Å². The van der Waals surface area contributed by atoms with Crippen molar-refractivity contribution in [2.45, 2.75) is 13.8 Å². The monoisotopic (exact) mass is 278 g/mol. The second kappa shape index (κ2) is 5.40. The molecule has 0 fully saturated rings. The average Bonchev–Trinajstić information content (AvgIpc) is 2.32. The fourth-order valence-corrected chi connectivity index (χ4v) is 1.73. The SMILES string of the molecule is Cc1ccc(Oc2nc(Cl)nc(N(C)C)n2)c(C)c1. The summed E-state index contributed by atoms with van der Waals surface area (Å²) in [5, 5.41) is 0.110. The second-order valence-corrected chi connectivity index (χ2v) is 4.79. The molecular weight excluding hydrogens is 264 g/mol. The molecule has 0 saturated heterocycles. The first kappa shape index (κ1) is 13.5. The van der Waals surface area contributed by atoms with Crippen LogP contribution in [0.5, 0.6) is 11.8 Å². The number of ether oxygens (including phenoxy) is 1. The Labute approximate surface area is 117 Å². The summed E-state index contributed by atoms with van der Waals surface area (Å²) in [6.07, 6.45) is 0. The molecule has 0 bridgehead atoms. The van der Waals surface area contributed by atoms with Crippen LogP contribution in [0, 0.1) is 13.8 Å². The van der Waals surface area contributed by atoms with Gasteiger partial charge in [-0.1, -0.05) is 17.7 Å². The molecule has 1 heterocycles. The van der Waals surface area contributed by atoms with Gasteiger partial charge in [-0.25, -0.2) is 0 Å². The highest BCUT2D eigenvalue weighted by atomic mass is 35.5. The van der Waals surface area contributed by atoms with Crippen molar-refractivity contribution in [2.24, 2.45) is 0 Å². The predicted octanol–water partition coefficient (Wildman–Crippen LogP) is 3.00. The second-order valence-electron chi connectivity index (χ2n) is 4.45. The third-order valence-corrected chi connectivity index (χ3v) is 2.68. The van der Waals surface area contributed by atoms with Crippen LogP contribution >= 0.6 is 11.6 Å². The van der Waals surface area contributed by atoms with E-state index in [1.54, 1.807) is 4.90 Å². The fraction of sp³-hybridized carbons (Fsp3) is 0.308. The van der Waals surface area contributed by atoms with Crippen LogP contribution in [0.4, 0.5) is 5.95 Å². The van der Waals surface area contributed by atoms with Crippen molar-refractivity contribution in [3.8, 4) is 11.8 Å². The molecule has 0 aliphatic carbocycles. The molecule has 100 valence electrons. The Kier molecular flexibility index (Phi) is 3.85. The summed E-state index contributed by atoms with van der Waals surface area (Å²) in [7, 11) is 3.65. The van der Waals surface area contributed by atoms with Gasteiger partial charge in [0.1, 0.15) is 5.75 Å². The van der Waals surface area contributed by atoms with E-state index in [1.165, 1.54) is 5.56 Å². The number of benzene rings is 1. The van der Waals surface area contributed by atoms with E-state index in [0.29, 0.717) is 11.7 Å². The molecule has 19 heavy (non-hydrogen) atoms. The lowest BCUT2D eigenvalue weighted by Crippen LogP contribution is -2.13. The Morgan fingerprint density at radius 3 is 2.47 bits per heavy atom. The Morgan fingerprint density at radius 2 is 1.84 bits per heavy atom. The average molecular weight is 279 g/mol. The lowest BCUT2D eigenvalue weighted by Gasteiger charge is -2.12. The molecule has 0 radical (unpaired) electrons. The van der Waals surface area contributed by atoms with Gasteiger partial charge in [-0.3, -0.25) is 0 Å². The van der Waals surface area contributed by atoms with Crippen molar-refractivity contribution in [3.63, 3.8) is 0 Å². The predicted molar refractivity (Wildman–Crippen MR) is 75.2 cm³/mol. The smallest absolute Gasteiger partial charge is 0.328 e. The van der Waals surface area contributed by atoms with E-state index in [2.05, 4.69) is 15.0 Å². The largest absolute Gasteiger partial charge is 0.424 e. The summed E-state index contributed by atoms with van der Waals surface area (Å²) >= 11 is 5.86. The van der Waals surface area contributed by atoms with Crippen molar-refractivity contribution >= 4 is 17.5 Å². The molecule has 0 aliphatic heterocycles. The van der Waals surface area contributed by atoms with Gasteiger partial charge in [-0.15, -0.1) is 0 Å². The molecule has 5 nitrogen and oxygen atoms in total. The van der Waals surface area contributed by atoms with Crippen LogP contribution in [0.15, 0.2) is 18.2 Å². The van der Waals surface area contributed by atoms with E-state index in [0.717, 1.165) is 5.56 Å². The number of hydrogen-bond acceptors (Lipinski definition) is 5. The van der Waals surface area contributed by atoms with Gasteiger partial charge in [0.05, 0.1) is 0 Å². The number of nitrogens with zero attached hydrogens (tertiary/aromatic N) is 4. The van der Waals surface area contributed by atoms with Gasteiger partial charge in [-0.05, 0) is 37.1 Å². The topological polar surface area (TPSA) is 51.1 Å². The highest BCUT2D eigenvalue weighted by Crippen LogP contribution is 2.24. The summed E-state index contributed by atoms with van der Waals surface area (Å²) in [5.41, 5.74) is 2.19. The molecule has 0 amide bonds. The number of hydrogen-bond donors (Lipinski definition) is 0. The van der Waals surface area contributed by atoms with E-state index in [-0.39, 0.29) is 11.3 Å². The van der Waals surface area contributed by atoms with Crippen LogP contribution in [-0.4, -0.2) is 29.0 Å². The van der Waals surface area contributed by atoms with Crippen LogP contribution in [0.1, 0.15) is 11.1 Å². The summed E-state index contributed by atoms with van der Waals surface area (Å²) in [6.45, 7) is 4.00. The van der Waals surface area contributed by atoms with E-state index in [9.17, 15) is 0 Å².